The van der Waals surface area contributed by atoms with Crippen LogP contribution < -0.4 is 0 Å². The number of nitrogens with zero attached hydrogens (tertiary/aromatic N) is 1. The maximum Gasteiger partial charge on any atom is 0.0404 e. The lowest BCUT2D eigenvalue weighted by molar-refractivity contribution is 0.556. The molecule has 0 aliphatic carbocycles. The van der Waals surface area contributed by atoms with Crippen LogP contribution in [-0.4, -0.2) is 4.98 Å². The van der Waals surface area contributed by atoms with Crippen LogP contribution in [-0.2, 0) is 6.42 Å². The van der Waals surface area contributed by atoms with Crippen LogP contribution in [0.3, 0.4) is 0 Å². The first-order valence-electron chi connectivity index (χ1n) is 9.08. The minimum Gasteiger partial charge on any atom is -0.261 e. The lowest BCUT2D eigenvalue weighted by Crippen LogP contribution is -1.98. The molecule has 1 aromatic rings. The molecule has 0 saturated carbocycles. The molecule has 120 valence electrons. The molecule has 0 aliphatic heterocycles. The van der Waals surface area contributed by atoms with Crippen LogP contribution in [0.2, 0.25) is 0 Å². The van der Waals surface area contributed by atoms with E-state index in [9.17, 15) is 0 Å². The third-order valence-electron chi connectivity index (χ3n) is 4.80. The second-order valence-corrected chi connectivity index (χ2v) is 6.55. The van der Waals surface area contributed by atoms with Crippen molar-refractivity contribution in [1.29, 1.82) is 0 Å². The van der Waals surface area contributed by atoms with Gasteiger partial charge in [0.2, 0.25) is 0 Å². The Labute approximate surface area is 132 Å². The van der Waals surface area contributed by atoms with Gasteiger partial charge in [0.15, 0.2) is 0 Å². The number of rotatable bonds is 11. The molecular formula is C20H35N. The number of hydrogen-bond donors (Lipinski definition) is 0. The van der Waals surface area contributed by atoms with Gasteiger partial charge in [-0.3, -0.25) is 4.98 Å². The van der Waals surface area contributed by atoms with Crippen LogP contribution >= 0.6 is 0 Å². The average Bonchev–Trinajstić information content (AvgIpc) is 2.49. The molecule has 1 heterocycles. The standard InChI is InChI=1S/C20H35N/c1-5-6-7-8-9-10-11-12-13-14-15-20-16-21-19(4)17(2)18(20)3/h16H,5-15H2,1-4H3. The Bertz CT molecular complexity index is 395. The molecule has 0 aliphatic rings. The molecule has 0 unspecified atom stereocenters. The van der Waals surface area contributed by atoms with E-state index < -0.39 is 0 Å². The molecule has 21 heavy (non-hydrogen) atoms. The van der Waals surface area contributed by atoms with Crippen molar-refractivity contribution in [3.05, 3.63) is 28.6 Å². The maximum atomic E-state index is 4.50. The van der Waals surface area contributed by atoms with Gasteiger partial charge in [-0.2, -0.15) is 0 Å². The summed E-state index contributed by atoms with van der Waals surface area (Å²) in [5.41, 5.74) is 5.47. The van der Waals surface area contributed by atoms with E-state index in [0.29, 0.717) is 0 Å². The third-order valence-corrected chi connectivity index (χ3v) is 4.80. The first-order chi connectivity index (χ1) is 10.2. The molecule has 0 atom stereocenters. The zero-order chi connectivity index (χ0) is 15.5. The van der Waals surface area contributed by atoms with Gasteiger partial charge < -0.3 is 0 Å². The molecule has 1 aromatic heterocycles. The fourth-order valence-corrected chi connectivity index (χ4v) is 2.94. The first-order valence-corrected chi connectivity index (χ1v) is 9.08. The Kier molecular flexibility index (Phi) is 9.37. The highest BCUT2D eigenvalue weighted by Gasteiger charge is 2.04. The van der Waals surface area contributed by atoms with E-state index in [-0.39, 0.29) is 0 Å². The highest BCUT2D eigenvalue weighted by molar-refractivity contribution is 5.33. The van der Waals surface area contributed by atoms with Crippen molar-refractivity contribution in [2.45, 2.75) is 98.3 Å². The van der Waals surface area contributed by atoms with Gasteiger partial charge in [-0.1, -0.05) is 64.7 Å². The normalized spacial score (nSPS) is 11.0. The quantitative estimate of drug-likeness (QED) is 0.425. The Morgan fingerprint density at radius 1 is 0.714 bits per heavy atom. The van der Waals surface area contributed by atoms with Gasteiger partial charge in [-0.25, -0.2) is 0 Å². The van der Waals surface area contributed by atoms with Crippen LogP contribution in [0.25, 0.3) is 0 Å². The molecule has 0 spiro atoms. The lowest BCUT2D eigenvalue weighted by Gasteiger charge is -2.10. The van der Waals surface area contributed by atoms with Crippen molar-refractivity contribution in [3.8, 4) is 0 Å². The summed E-state index contributed by atoms with van der Waals surface area (Å²) >= 11 is 0. The minimum atomic E-state index is 1.18. The monoisotopic (exact) mass is 289 g/mol. The van der Waals surface area contributed by atoms with E-state index in [4.69, 9.17) is 0 Å². The van der Waals surface area contributed by atoms with Gasteiger partial charge in [0.1, 0.15) is 0 Å². The van der Waals surface area contributed by atoms with E-state index in [1.807, 2.05) is 0 Å². The molecular weight excluding hydrogens is 254 g/mol. The molecule has 0 radical (unpaired) electrons. The molecule has 1 nitrogen and oxygen atoms in total. The van der Waals surface area contributed by atoms with Crippen LogP contribution in [0.1, 0.15) is 93.5 Å². The molecule has 0 saturated heterocycles. The number of aryl methyl sites for hydroxylation is 2. The van der Waals surface area contributed by atoms with Gasteiger partial charge in [-0.05, 0) is 50.3 Å². The second kappa shape index (κ2) is 10.8. The van der Waals surface area contributed by atoms with Crippen LogP contribution in [0.15, 0.2) is 6.20 Å². The highest BCUT2D eigenvalue weighted by atomic mass is 14.7. The van der Waals surface area contributed by atoms with Crippen molar-refractivity contribution >= 4 is 0 Å². The van der Waals surface area contributed by atoms with E-state index in [1.54, 1.807) is 0 Å². The van der Waals surface area contributed by atoms with Crippen molar-refractivity contribution in [3.63, 3.8) is 0 Å². The molecule has 0 amide bonds. The predicted octanol–water partition coefficient (Wildman–Crippen LogP) is 6.47. The SMILES string of the molecule is CCCCCCCCCCCCc1cnc(C)c(C)c1C. The van der Waals surface area contributed by atoms with E-state index in [2.05, 4.69) is 38.9 Å². The minimum absolute atomic E-state index is 1.18. The average molecular weight is 290 g/mol. The van der Waals surface area contributed by atoms with Crippen LogP contribution in [0.5, 0.6) is 0 Å². The van der Waals surface area contributed by atoms with Gasteiger partial charge >= 0.3 is 0 Å². The van der Waals surface area contributed by atoms with Crippen molar-refractivity contribution in [2.24, 2.45) is 0 Å². The highest BCUT2D eigenvalue weighted by Crippen LogP contribution is 2.18. The third kappa shape index (κ3) is 7.11. The smallest absolute Gasteiger partial charge is 0.0404 e. The Balaban J connectivity index is 2.06. The van der Waals surface area contributed by atoms with Crippen LogP contribution in [0.4, 0.5) is 0 Å². The van der Waals surface area contributed by atoms with Crippen molar-refractivity contribution < 1.29 is 0 Å². The summed E-state index contributed by atoms with van der Waals surface area (Å²) in [4.78, 5) is 4.50. The van der Waals surface area contributed by atoms with Crippen LogP contribution in [0, 0.1) is 20.8 Å². The molecule has 0 fully saturated rings. The summed E-state index contributed by atoms with van der Waals surface area (Å²) in [6.07, 6.45) is 17.4. The van der Waals surface area contributed by atoms with Gasteiger partial charge in [-0.15, -0.1) is 0 Å². The summed E-state index contributed by atoms with van der Waals surface area (Å²) in [5.74, 6) is 0. The largest absolute Gasteiger partial charge is 0.261 e. The summed E-state index contributed by atoms with van der Waals surface area (Å²) in [5, 5.41) is 0. The zero-order valence-corrected chi connectivity index (χ0v) is 14.8. The van der Waals surface area contributed by atoms with Gasteiger partial charge in [0.05, 0.1) is 0 Å². The number of aromatic nitrogens is 1. The number of hydrogen-bond acceptors (Lipinski definition) is 1. The predicted molar refractivity (Wildman–Crippen MR) is 94.0 cm³/mol. The summed E-state index contributed by atoms with van der Waals surface area (Å²) in [7, 11) is 0. The fourth-order valence-electron chi connectivity index (χ4n) is 2.94. The molecule has 0 N–H and O–H groups in total. The zero-order valence-electron chi connectivity index (χ0n) is 14.8. The lowest BCUT2D eigenvalue weighted by atomic mass is 9.99. The summed E-state index contributed by atoms with van der Waals surface area (Å²) in [6.45, 7) is 8.83. The molecule has 1 rings (SSSR count). The second-order valence-electron chi connectivity index (χ2n) is 6.55. The molecule has 1 heteroatoms. The first kappa shape index (κ1) is 18.2. The Morgan fingerprint density at radius 2 is 1.24 bits per heavy atom. The van der Waals surface area contributed by atoms with E-state index in [1.165, 1.54) is 93.0 Å². The van der Waals surface area contributed by atoms with E-state index in [0.717, 1.165) is 0 Å². The maximum absolute atomic E-state index is 4.50. The van der Waals surface area contributed by atoms with Gasteiger partial charge in [0.25, 0.3) is 0 Å². The fraction of sp³-hybridized carbons (Fsp3) is 0.750. The molecule has 0 aromatic carbocycles. The van der Waals surface area contributed by atoms with Crippen molar-refractivity contribution in [1.82, 2.24) is 4.98 Å². The number of unbranched alkanes of at least 4 members (excludes halogenated alkanes) is 9. The van der Waals surface area contributed by atoms with Crippen molar-refractivity contribution in [2.75, 3.05) is 0 Å². The van der Waals surface area contributed by atoms with Gasteiger partial charge in [0, 0.05) is 11.9 Å². The topological polar surface area (TPSA) is 12.9 Å². The summed E-state index contributed by atoms with van der Waals surface area (Å²) < 4.78 is 0. The number of pyridine rings is 1. The van der Waals surface area contributed by atoms with E-state index >= 15 is 0 Å². The molecule has 0 bridgehead atoms. The summed E-state index contributed by atoms with van der Waals surface area (Å²) in [6, 6.07) is 0. The Hall–Kier alpha value is -0.850. The Morgan fingerprint density at radius 3 is 1.81 bits per heavy atom.